The van der Waals surface area contributed by atoms with Gasteiger partial charge in [0.1, 0.15) is 5.82 Å². The number of hydrogen-bond donors (Lipinski definition) is 3. The molecule has 0 spiro atoms. The van der Waals surface area contributed by atoms with Crippen molar-refractivity contribution in [1.82, 2.24) is 4.98 Å². The summed E-state index contributed by atoms with van der Waals surface area (Å²) in [5.74, 6) is -2.00. The van der Waals surface area contributed by atoms with Gasteiger partial charge in [-0.15, -0.1) is 0 Å². The van der Waals surface area contributed by atoms with Gasteiger partial charge in [-0.25, -0.2) is 19.0 Å². The number of urea groups is 1. The topological polar surface area (TPSA) is 91.3 Å². The number of carbonyl (C=O) groups excluding carboxylic acids is 1. The molecule has 2 rings (SSSR count). The standard InChI is InChI=1S/C13H9ClFN3O3/c14-7-3-1-4-8(15)10(7)18-13(21)17-9-5-2-6-16-11(9)12(19)20/h1-6H,(H,19,20)(H2,17,18,21). The first-order chi connectivity index (χ1) is 9.99. The predicted octanol–water partition coefficient (Wildman–Crippen LogP) is 3.22. The van der Waals surface area contributed by atoms with Crippen LogP contribution in [0, 0.1) is 5.82 Å². The lowest BCUT2D eigenvalue weighted by Gasteiger charge is -2.10. The van der Waals surface area contributed by atoms with Crippen LogP contribution in [0.1, 0.15) is 10.5 Å². The number of aromatic nitrogens is 1. The van der Waals surface area contributed by atoms with E-state index in [1.54, 1.807) is 0 Å². The van der Waals surface area contributed by atoms with Gasteiger partial charge in [-0.1, -0.05) is 17.7 Å². The Hall–Kier alpha value is -2.67. The molecule has 0 aliphatic heterocycles. The van der Waals surface area contributed by atoms with Crippen LogP contribution in [0.4, 0.5) is 20.6 Å². The summed E-state index contributed by atoms with van der Waals surface area (Å²) in [7, 11) is 0. The van der Waals surface area contributed by atoms with Crippen LogP contribution >= 0.6 is 11.6 Å². The SMILES string of the molecule is O=C(Nc1cccnc1C(=O)O)Nc1c(F)cccc1Cl. The second-order valence-corrected chi connectivity index (χ2v) is 4.29. The minimum atomic E-state index is -1.30. The third kappa shape index (κ3) is 3.46. The van der Waals surface area contributed by atoms with Crippen LogP contribution in [0.5, 0.6) is 0 Å². The number of para-hydroxylation sites is 1. The highest BCUT2D eigenvalue weighted by Crippen LogP contribution is 2.24. The molecule has 0 aliphatic carbocycles. The first kappa shape index (κ1) is 14.7. The zero-order chi connectivity index (χ0) is 15.4. The van der Waals surface area contributed by atoms with Crippen molar-refractivity contribution in [2.24, 2.45) is 0 Å². The van der Waals surface area contributed by atoms with E-state index in [-0.39, 0.29) is 22.1 Å². The van der Waals surface area contributed by atoms with E-state index in [0.717, 1.165) is 6.07 Å². The molecule has 2 aromatic rings. The molecule has 0 fully saturated rings. The van der Waals surface area contributed by atoms with Gasteiger partial charge in [0.05, 0.1) is 16.4 Å². The Kier molecular flexibility index (Phi) is 4.34. The second kappa shape index (κ2) is 6.19. The molecule has 0 unspecified atom stereocenters. The van der Waals surface area contributed by atoms with Crippen molar-refractivity contribution < 1.29 is 19.1 Å². The molecule has 2 amide bonds. The minimum absolute atomic E-state index is 0.0186. The summed E-state index contributed by atoms with van der Waals surface area (Å²) in [5, 5.41) is 13.5. The number of carbonyl (C=O) groups is 2. The Morgan fingerprint density at radius 2 is 1.95 bits per heavy atom. The molecular weight excluding hydrogens is 301 g/mol. The number of nitrogens with zero attached hydrogens (tertiary/aromatic N) is 1. The van der Waals surface area contributed by atoms with Gasteiger partial charge in [-0.2, -0.15) is 0 Å². The van der Waals surface area contributed by atoms with Crippen LogP contribution < -0.4 is 10.6 Å². The molecule has 0 radical (unpaired) electrons. The van der Waals surface area contributed by atoms with E-state index in [0.29, 0.717) is 0 Å². The summed E-state index contributed by atoms with van der Waals surface area (Å²) in [6.45, 7) is 0. The van der Waals surface area contributed by atoms with Crippen molar-refractivity contribution in [3.8, 4) is 0 Å². The van der Waals surface area contributed by atoms with Gasteiger partial charge in [0.25, 0.3) is 0 Å². The second-order valence-electron chi connectivity index (χ2n) is 3.88. The van der Waals surface area contributed by atoms with Crippen LogP contribution in [0.3, 0.4) is 0 Å². The van der Waals surface area contributed by atoms with Crippen LogP contribution in [0.25, 0.3) is 0 Å². The van der Waals surface area contributed by atoms with E-state index in [9.17, 15) is 14.0 Å². The maximum absolute atomic E-state index is 13.5. The van der Waals surface area contributed by atoms with Crippen molar-refractivity contribution in [3.63, 3.8) is 0 Å². The molecule has 1 heterocycles. The monoisotopic (exact) mass is 309 g/mol. The number of aromatic carboxylic acids is 1. The lowest BCUT2D eigenvalue weighted by Crippen LogP contribution is -2.22. The van der Waals surface area contributed by atoms with Gasteiger partial charge in [0.15, 0.2) is 5.69 Å². The maximum Gasteiger partial charge on any atom is 0.356 e. The Morgan fingerprint density at radius 3 is 2.62 bits per heavy atom. The Bertz CT molecular complexity index is 689. The number of nitrogens with one attached hydrogen (secondary N) is 2. The number of amides is 2. The van der Waals surface area contributed by atoms with Gasteiger partial charge in [-0.05, 0) is 24.3 Å². The van der Waals surface area contributed by atoms with E-state index in [1.165, 1.54) is 30.5 Å². The van der Waals surface area contributed by atoms with E-state index in [1.807, 2.05) is 0 Å². The highest BCUT2D eigenvalue weighted by Gasteiger charge is 2.15. The number of rotatable bonds is 3. The van der Waals surface area contributed by atoms with Gasteiger partial charge >= 0.3 is 12.0 Å². The Labute approximate surface area is 123 Å². The lowest BCUT2D eigenvalue weighted by molar-refractivity contribution is 0.0691. The predicted molar refractivity (Wildman–Crippen MR) is 75.2 cm³/mol. The van der Waals surface area contributed by atoms with E-state index in [2.05, 4.69) is 15.6 Å². The summed E-state index contributed by atoms with van der Waals surface area (Å²) in [4.78, 5) is 26.4. The van der Waals surface area contributed by atoms with Gasteiger partial charge in [0.2, 0.25) is 0 Å². The van der Waals surface area contributed by atoms with Crippen molar-refractivity contribution in [2.75, 3.05) is 10.6 Å². The van der Waals surface area contributed by atoms with Crippen molar-refractivity contribution in [3.05, 3.63) is 53.1 Å². The number of carboxylic acid groups (broad SMARTS) is 1. The maximum atomic E-state index is 13.5. The lowest BCUT2D eigenvalue weighted by atomic mass is 10.3. The fraction of sp³-hybridized carbons (Fsp3) is 0. The third-order valence-corrected chi connectivity index (χ3v) is 2.77. The van der Waals surface area contributed by atoms with Gasteiger partial charge < -0.3 is 15.7 Å². The van der Waals surface area contributed by atoms with Crippen molar-refractivity contribution in [1.29, 1.82) is 0 Å². The van der Waals surface area contributed by atoms with Crippen molar-refractivity contribution in [2.45, 2.75) is 0 Å². The average Bonchev–Trinajstić information content (AvgIpc) is 2.43. The molecule has 0 bridgehead atoms. The highest BCUT2D eigenvalue weighted by atomic mass is 35.5. The first-order valence-corrected chi connectivity index (χ1v) is 6.07. The molecule has 6 nitrogen and oxygen atoms in total. The number of anilines is 2. The Balaban J connectivity index is 2.18. The summed E-state index contributed by atoms with van der Waals surface area (Å²) in [6.07, 6.45) is 1.28. The zero-order valence-electron chi connectivity index (χ0n) is 10.4. The zero-order valence-corrected chi connectivity index (χ0v) is 11.2. The van der Waals surface area contributed by atoms with E-state index >= 15 is 0 Å². The molecule has 1 aromatic carbocycles. The molecule has 1 aromatic heterocycles. The summed E-state index contributed by atoms with van der Waals surface area (Å²) < 4.78 is 13.5. The Morgan fingerprint density at radius 1 is 1.19 bits per heavy atom. The fourth-order valence-corrected chi connectivity index (χ4v) is 1.77. The fourth-order valence-electron chi connectivity index (χ4n) is 1.56. The number of benzene rings is 1. The first-order valence-electron chi connectivity index (χ1n) is 5.69. The van der Waals surface area contributed by atoms with Crippen LogP contribution in [-0.2, 0) is 0 Å². The third-order valence-electron chi connectivity index (χ3n) is 2.46. The normalized spacial score (nSPS) is 10.0. The van der Waals surface area contributed by atoms with Crippen LogP contribution in [0.15, 0.2) is 36.5 Å². The molecule has 3 N–H and O–H groups in total. The number of carboxylic acids is 1. The van der Waals surface area contributed by atoms with E-state index < -0.39 is 17.8 Å². The summed E-state index contributed by atoms with van der Waals surface area (Å²) in [6, 6.07) is 5.92. The molecule has 0 atom stereocenters. The van der Waals surface area contributed by atoms with Gasteiger partial charge in [-0.3, -0.25) is 0 Å². The summed E-state index contributed by atoms with van der Waals surface area (Å²) >= 11 is 5.77. The smallest absolute Gasteiger partial charge is 0.356 e. The van der Waals surface area contributed by atoms with Crippen LogP contribution in [0.2, 0.25) is 5.02 Å². The molecule has 108 valence electrons. The van der Waals surface area contributed by atoms with Crippen LogP contribution in [-0.4, -0.2) is 22.1 Å². The number of hydrogen-bond acceptors (Lipinski definition) is 3. The average molecular weight is 310 g/mol. The molecule has 0 saturated carbocycles. The molecular formula is C13H9ClFN3O3. The summed E-state index contributed by atoms with van der Waals surface area (Å²) in [5.41, 5.74) is -0.542. The highest BCUT2D eigenvalue weighted by molar-refractivity contribution is 6.33. The van der Waals surface area contributed by atoms with Gasteiger partial charge in [0, 0.05) is 6.20 Å². The minimum Gasteiger partial charge on any atom is -0.476 e. The van der Waals surface area contributed by atoms with Crippen molar-refractivity contribution >= 4 is 35.0 Å². The number of halogens is 2. The molecule has 0 aliphatic rings. The largest absolute Gasteiger partial charge is 0.476 e. The number of pyridine rings is 1. The molecule has 21 heavy (non-hydrogen) atoms. The molecule has 8 heteroatoms. The molecule has 0 saturated heterocycles. The van der Waals surface area contributed by atoms with E-state index in [4.69, 9.17) is 16.7 Å². The quantitative estimate of drug-likeness (QED) is 0.812.